The molecule has 1 aliphatic carbocycles. The van der Waals surface area contributed by atoms with Crippen molar-refractivity contribution in [3.8, 4) is 0 Å². The molecule has 1 aliphatic rings. The third kappa shape index (κ3) is 5.32. The number of nitrogens with one attached hydrogen (secondary N) is 2. The number of aromatic nitrogens is 1. The second-order valence-corrected chi connectivity index (χ2v) is 7.18. The van der Waals surface area contributed by atoms with Crippen molar-refractivity contribution in [2.45, 2.75) is 29.9 Å². The molecular weight excluding hydrogens is 334 g/mol. The fourth-order valence-corrected chi connectivity index (χ4v) is 3.32. The maximum atomic E-state index is 11.9. The van der Waals surface area contributed by atoms with Crippen LogP contribution < -0.4 is 10.6 Å². The lowest BCUT2D eigenvalue weighted by Crippen LogP contribution is -2.39. The van der Waals surface area contributed by atoms with Crippen LogP contribution in [0.2, 0.25) is 0 Å². The minimum atomic E-state index is -0.616. The fraction of sp³-hybridized carbons (Fsp3) is 0.316. The SMILES string of the molecule is O=C(NCC1CCC1)C(=O)Nc1ccc(SCc2cccnc2)cc1. The number of thioether (sulfide) groups is 1. The van der Waals surface area contributed by atoms with Crippen LogP contribution in [-0.2, 0) is 15.3 Å². The van der Waals surface area contributed by atoms with Crippen molar-refractivity contribution in [1.82, 2.24) is 10.3 Å². The first-order valence-corrected chi connectivity index (χ1v) is 9.40. The summed E-state index contributed by atoms with van der Waals surface area (Å²) in [5, 5.41) is 5.33. The molecule has 0 aliphatic heterocycles. The van der Waals surface area contributed by atoms with E-state index in [1.165, 1.54) is 6.42 Å². The molecule has 0 atom stereocenters. The lowest BCUT2D eigenvalue weighted by atomic mass is 9.85. The topological polar surface area (TPSA) is 71.1 Å². The van der Waals surface area contributed by atoms with Crippen molar-refractivity contribution in [3.63, 3.8) is 0 Å². The van der Waals surface area contributed by atoms with Crippen molar-refractivity contribution >= 4 is 29.3 Å². The summed E-state index contributed by atoms with van der Waals surface area (Å²) in [6.07, 6.45) is 7.11. The van der Waals surface area contributed by atoms with Gasteiger partial charge in [0.2, 0.25) is 0 Å². The maximum absolute atomic E-state index is 11.9. The van der Waals surface area contributed by atoms with Crippen LogP contribution in [0.25, 0.3) is 0 Å². The second-order valence-electron chi connectivity index (χ2n) is 6.14. The molecule has 3 rings (SSSR count). The van der Waals surface area contributed by atoms with E-state index < -0.39 is 11.8 Å². The highest BCUT2D eigenvalue weighted by Gasteiger charge is 2.20. The Hall–Kier alpha value is -2.34. The molecule has 2 amide bonds. The highest BCUT2D eigenvalue weighted by molar-refractivity contribution is 7.98. The smallest absolute Gasteiger partial charge is 0.313 e. The molecule has 0 unspecified atom stereocenters. The Bertz CT molecular complexity index is 715. The summed E-state index contributed by atoms with van der Waals surface area (Å²) < 4.78 is 0. The van der Waals surface area contributed by atoms with Crippen molar-refractivity contribution in [2.24, 2.45) is 5.92 Å². The lowest BCUT2D eigenvalue weighted by molar-refractivity contribution is -0.136. The van der Waals surface area contributed by atoms with Crippen LogP contribution in [0.5, 0.6) is 0 Å². The summed E-state index contributed by atoms with van der Waals surface area (Å²) >= 11 is 1.70. The molecule has 1 heterocycles. The van der Waals surface area contributed by atoms with Gasteiger partial charge < -0.3 is 10.6 Å². The maximum Gasteiger partial charge on any atom is 0.313 e. The molecule has 25 heavy (non-hydrogen) atoms. The van der Waals surface area contributed by atoms with Crippen LogP contribution in [0.3, 0.4) is 0 Å². The average molecular weight is 355 g/mol. The van der Waals surface area contributed by atoms with Gasteiger partial charge in [-0.25, -0.2) is 0 Å². The van der Waals surface area contributed by atoms with E-state index in [9.17, 15) is 9.59 Å². The third-order valence-electron chi connectivity index (χ3n) is 4.22. The highest BCUT2D eigenvalue weighted by Crippen LogP contribution is 2.25. The lowest BCUT2D eigenvalue weighted by Gasteiger charge is -2.25. The zero-order valence-corrected chi connectivity index (χ0v) is 14.7. The number of carbonyl (C=O) groups is 2. The van der Waals surface area contributed by atoms with Crippen LogP contribution in [0.4, 0.5) is 5.69 Å². The zero-order valence-electron chi connectivity index (χ0n) is 13.9. The second kappa shape index (κ2) is 8.67. The van der Waals surface area contributed by atoms with Gasteiger partial charge in [-0.1, -0.05) is 12.5 Å². The van der Waals surface area contributed by atoms with E-state index in [0.29, 0.717) is 18.2 Å². The van der Waals surface area contributed by atoms with E-state index in [1.54, 1.807) is 18.0 Å². The first-order chi connectivity index (χ1) is 12.2. The summed E-state index contributed by atoms with van der Waals surface area (Å²) in [7, 11) is 0. The van der Waals surface area contributed by atoms with Gasteiger partial charge in [0.15, 0.2) is 0 Å². The monoisotopic (exact) mass is 355 g/mol. The largest absolute Gasteiger partial charge is 0.348 e. The molecule has 6 heteroatoms. The Morgan fingerprint density at radius 1 is 1.12 bits per heavy atom. The van der Waals surface area contributed by atoms with Crippen molar-refractivity contribution in [1.29, 1.82) is 0 Å². The summed E-state index contributed by atoms with van der Waals surface area (Å²) in [5.41, 5.74) is 1.78. The Labute approximate surface area is 151 Å². The molecule has 2 N–H and O–H groups in total. The van der Waals surface area contributed by atoms with E-state index in [2.05, 4.69) is 15.6 Å². The Balaban J connectivity index is 1.44. The molecule has 1 fully saturated rings. The Kier molecular flexibility index (Phi) is 6.06. The number of benzene rings is 1. The Morgan fingerprint density at radius 2 is 1.92 bits per heavy atom. The van der Waals surface area contributed by atoms with Crippen molar-refractivity contribution in [2.75, 3.05) is 11.9 Å². The first-order valence-electron chi connectivity index (χ1n) is 8.41. The van der Waals surface area contributed by atoms with Crippen LogP contribution in [0, 0.1) is 5.92 Å². The normalized spacial score (nSPS) is 13.8. The molecule has 1 aromatic carbocycles. The van der Waals surface area contributed by atoms with Crippen LogP contribution in [0.15, 0.2) is 53.7 Å². The van der Waals surface area contributed by atoms with Gasteiger partial charge >= 0.3 is 11.8 Å². The molecule has 130 valence electrons. The van der Waals surface area contributed by atoms with Gasteiger partial charge in [0.05, 0.1) is 0 Å². The van der Waals surface area contributed by atoms with E-state index in [0.717, 1.165) is 29.1 Å². The molecule has 0 spiro atoms. The number of anilines is 1. The predicted octanol–water partition coefficient (Wildman–Crippen LogP) is 3.23. The minimum Gasteiger partial charge on any atom is -0.348 e. The third-order valence-corrected chi connectivity index (χ3v) is 5.31. The summed E-state index contributed by atoms with van der Waals surface area (Å²) in [4.78, 5) is 28.9. The number of carbonyl (C=O) groups excluding carboxylic acids is 2. The average Bonchev–Trinajstić information content (AvgIpc) is 2.60. The number of nitrogens with zero attached hydrogens (tertiary/aromatic N) is 1. The highest BCUT2D eigenvalue weighted by atomic mass is 32.2. The van der Waals surface area contributed by atoms with E-state index in [1.807, 2.05) is 42.6 Å². The van der Waals surface area contributed by atoms with Crippen LogP contribution >= 0.6 is 11.8 Å². The number of pyridine rings is 1. The van der Waals surface area contributed by atoms with Crippen molar-refractivity contribution < 1.29 is 9.59 Å². The molecule has 2 aromatic rings. The van der Waals surface area contributed by atoms with Gasteiger partial charge in [0.1, 0.15) is 0 Å². The Morgan fingerprint density at radius 3 is 2.56 bits per heavy atom. The summed E-state index contributed by atoms with van der Waals surface area (Å²) in [6, 6.07) is 11.4. The summed E-state index contributed by atoms with van der Waals surface area (Å²) in [5.74, 6) is 0.188. The molecule has 1 aromatic heterocycles. The number of hydrogen-bond acceptors (Lipinski definition) is 4. The van der Waals surface area contributed by atoms with Crippen LogP contribution in [0.1, 0.15) is 24.8 Å². The standard InChI is InChI=1S/C19H21N3O2S/c23-18(21-12-14-3-1-4-14)19(24)22-16-6-8-17(9-7-16)25-13-15-5-2-10-20-11-15/h2,5-11,14H,1,3-4,12-13H2,(H,21,23)(H,22,24). The number of amides is 2. The van der Waals surface area contributed by atoms with E-state index in [4.69, 9.17) is 0 Å². The summed E-state index contributed by atoms with van der Waals surface area (Å²) in [6.45, 7) is 0.593. The number of hydrogen-bond donors (Lipinski definition) is 2. The molecular formula is C19H21N3O2S. The first kappa shape index (κ1) is 17.5. The number of rotatable bonds is 6. The molecule has 1 saturated carbocycles. The van der Waals surface area contributed by atoms with Gasteiger partial charge in [0.25, 0.3) is 0 Å². The minimum absolute atomic E-state index is 0.535. The molecule has 5 nitrogen and oxygen atoms in total. The zero-order chi connectivity index (χ0) is 17.5. The predicted molar refractivity (Wildman–Crippen MR) is 99.2 cm³/mol. The van der Waals surface area contributed by atoms with Crippen molar-refractivity contribution in [3.05, 3.63) is 54.4 Å². The van der Waals surface area contributed by atoms with Crippen LogP contribution in [-0.4, -0.2) is 23.3 Å². The molecule has 0 radical (unpaired) electrons. The molecule has 0 bridgehead atoms. The van der Waals surface area contributed by atoms with Gasteiger partial charge in [-0.05, 0) is 54.7 Å². The van der Waals surface area contributed by atoms with Gasteiger partial charge in [-0.3, -0.25) is 14.6 Å². The van der Waals surface area contributed by atoms with Gasteiger partial charge in [0, 0.05) is 35.3 Å². The quantitative estimate of drug-likeness (QED) is 0.616. The van der Waals surface area contributed by atoms with E-state index in [-0.39, 0.29) is 0 Å². The fourth-order valence-electron chi connectivity index (χ4n) is 2.49. The van der Waals surface area contributed by atoms with Gasteiger partial charge in [-0.2, -0.15) is 0 Å². The van der Waals surface area contributed by atoms with Gasteiger partial charge in [-0.15, -0.1) is 11.8 Å². The molecule has 0 saturated heterocycles. The van der Waals surface area contributed by atoms with E-state index >= 15 is 0 Å².